The van der Waals surface area contributed by atoms with Crippen LogP contribution in [0.15, 0.2) is 0 Å². The molecule has 0 unspecified atom stereocenters. The molecule has 0 N–H and O–H groups in total. The van der Waals surface area contributed by atoms with Gasteiger partial charge in [-0.3, -0.25) is 0 Å². The lowest BCUT2D eigenvalue weighted by Gasteiger charge is -2.14. The number of nitrogens with zero attached hydrogens (tertiary/aromatic N) is 2. The predicted molar refractivity (Wildman–Crippen MR) is 49.4 cm³/mol. The maximum atomic E-state index is 11.5. The summed E-state index contributed by atoms with van der Waals surface area (Å²) < 4.78 is 24.6. The van der Waals surface area contributed by atoms with Crippen molar-refractivity contribution in [1.82, 2.24) is 4.31 Å². The van der Waals surface area contributed by atoms with Gasteiger partial charge in [0.15, 0.2) is 0 Å². The van der Waals surface area contributed by atoms with Crippen molar-refractivity contribution in [2.75, 3.05) is 18.8 Å². The van der Waals surface area contributed by atoms with Gasteiger partial charge in [0.05, 0.1) is 11.8 Å². The van der Waals surface area contributed by atoms with Crippen LogP contribution in [-0.2, 0) is 10.0 Å². The second-order valence-corrected chi connectivity index (χ2v) is 5.27. The Bertz CT molecular complexity index is 286. The Balaban J connectivity index is 2.41. The lowest BCUT2D eigenvalue weighted by atomic mass is 10.4. The van der Waals surface area contributed by atoms with Crippen molar-refractivity contribution in [2.24, 2.45) is 0 Å². The largest absolute Gasteiger partial charge is 0.214 e. The zero-order valence-electron chi connectivity index (χ0n) is 7.57. The molecule has 1 heterocycles. The average molecular weight is 202 g/mol. The first kappa shape index (κ1) is 10.5. The second kappa shape index (κ2) is 4.58. The van der Waals surface area contributed by atoms with E-state index in [1.54, 1.807) is 0 Å². The highest BCUT2D eigenvalue weighted by Gasteiger charge is 2.24. The molecule has 74 valence electrons. The zero-order chi connectivity index (χ0) is 9.73. The van der Waals surface area contributed by atoms with Crippen LogP contribution in [0.1, 0.15) is 25.7 Å². The van der Waals surface area contributed by atoms with Gasteiger partial charge in [0.25, 0.3) is 0 Å². The highest BCUT2D eigenvalue weighted by molar-refractivity contribution is 7.89. The van der Waals surface area contributed by atoms with E-state index in [1.165, 1.54) is 4.31 Å². The minimum absolute atomic E-state index is 0.126. The van der Waals surface area contributed by atoms with Crippen molar-refractivity contribution in [1.29, 1.82) is 5.26 Å². The van der Waals surface area contributed by atoms with E-state index in [-0.39, 0.29) is 5.75 Å². The number of nitriles is 1. The number of hydrogen-bond acceptors (Lipinski definition) is 3. The summed E-state index contributed by atoms with van der Waals surface area (Å²) in [6, 6.07) is 1.95. The van der Waals surface area contributed by atoms with Crippen molar-refractivity contribution < 1.29 is 8.42 Å². The second-order valence-electron chi connectivity index (χ2n) is 3.18. The van der Waals surface area contributed by atoms with Crippen LogP contribution in [-0.4, -0.2) is 31.6 Å². The van der Waals surface area contributed by atoms with Crippen LogP contribution < -0.4 is 0 Å². The van der Waals surface area contributed by atoms with E-state index in [4.69, 9.17) is 5.26 Å². The van der Waals surface area contributed by atoms with Crippen LogP contribution in [0.5, 0.6) is 0 Å². The molecule has 1 saturated heterocycles. The lowest BCUT2D eigenvalue weighted by molar-refractivity contribution is 0.476. The lowest BCUT2D eigenvalue weighted by Crippen LogP contribution is -2.30. The van der Waals surface area contributed by atoms with Crippen molar-refractivity contribution in [3.8, 4) is 6.07 Å². The topological polar surface area (TPSA) is 61.2 Å². The summed E-state index contributed by atoms with van der Waals surface area (Å²) in [4.78, 5) is 0. The van der Waals surface area contributed by atoms with Crippen LogP contribution in [0.25, 0.3) is 0 Å². The monoisotopic (exact) mass is 202 g/mol. The SMILES string of the molecule is N#CCCCS(=O)(=O)N1CCCC1. The average Bonchev–Trinajstić information content (AvgIpc) is 2.56. The van der Waals surface area contributed by atoms with E-state index >= 15 is 0 Å². The first-order valence-corrected chi connectivity index (χ1v) is 6.12. The molecule has 0 aromatic heterocycles. The summed E-state index contributed by atoms with van der Waals surface area (Å²) in [5, 5.41) is 8.27. The van der Waals surface area contributed by atoms with Gasteiger partial charge < -0.3 is 0 Å². The van der Waals surface area contributed by atoms with Crippen LogP contribution in [0.2, 0.25) is 0 Å². The summed E-state index contributed by atoms with van der Waals surface area (Å²) in [5.41, 5.74) is 0. The highest BCUT2D eigenvalue weighted by atomic mass is 32.2. The molecule has 4 nitrogen and oxygen atoms in total. The maximum Gasteiger partial charge on any atom is 0.214 e. The molecule has 0 atom stereocenters. The molecule has 0 aromatic carbocycles. The Kier molecular flexibility index (Phi) is 3.70. The van der Waals surface area contributed by atoms with Crippen LogP contribution in [0.3, 0.4) is 0 Å². The van der Waals surface area contributed by atoms with Gasteiger partial charge in [0.2, 0.25) is 10.0 Å². The first-order valence-electron chi connectivity index (χ1n) is 4.51. The van der Waals surface area contributed by atoms with E-state index in [0.717, 1.165) is 12.8 Å². The molecular formula is C8H14N2O2S. The molecule has 1 rings (SSSR count). The fraction of sp³-hybridized carbons (Fsp3) is 0.875. The molecular weight excluding hydrogens is 188 g/mol. The molecule has 1 fully saturated rings. The molecule has 0 spiro atoms. The van der Waals surface area contributed by atoms with Crippen LogP contribution in [0, 0.1) is 11.3 Å². The summed E-state index contributed by atoms with van der Waals surface area (Å²) in [5.74, 6) is 0.126. The summed E-state index contributed by atoms with van der Waals surface area (Å²) in [6.45, 7) is 1.32. The molecule has 1 aliphatic heterocycles. The van der Waals surface area contributed by atoms with Crippen molar-refractivity contribution in [2.45, 2.75) is 25.7 Å². The minimum Gasteiger partial charge on any atom is -0.212 e. The predicted octanol–water partition coefficient (Wildman–Crippen LogP) is 0.716. The number of sulfonamides is 1. The molecule has 0 saturated carbocycles. The molecule has 1 aliphatic rings. The van der Waals surface area contributed by atoms with Crippen molar-refractivity contribution >= 4 is 10.0 Å². The summed E-state index contributed by atoms with van der Waals surface area (Å²) >= 11 is 0. The van der Waals surface area contributed by atoms with Gasteiger partial charge in [-0.15, -0.1) is 0 Å². The fourth-order valence-electron chi connectivity index (χ4n) is 1.43. The molecule has 0 radical (unpaired) electrons. The Hall–Kier alpha value is -0.600. The molecule has 0 aliphatic carbocycles. The van der Waals surface area contributed by atoms with Crippen molar-refractivity contribution in [3.63, 3.8) is 0 Å². The van der Waals surface area contributed by atoms with Crippen LogP contribution in [0.4, 0.5) is 0 Å². The Morgan fingerprint density at radius 1 is 1.31 bits per heavy atom. The van der Waals surface area contributed by atoms with E-state index in [2.05, 4.69) is 0 Å². The van der Waals surface area contributed by atoms with E-state index in [1.807, 2.05) is 6.07 Å². The van der Waals surface area contributed by atoms with Crippen LogP contribution >= 0.6 is 0 Å². The van der Waals surface area contributed by atoms with E-state index in [0.29, 0.717) is 25.9 Å². The van der Waals surface area contributed by atoms with Gasteiger partial charge in [-0.25, -0.2) is 12.7 Å². The molecule has 0 amide bonds. The minimum atomic E-state index is -3.05. The van der Waals surface area contributed by atoms with Crippen molar-refractivity contribution in [3.05, 3.63) is 0 Å². The molecule has 0 aromatic rings. The van der Waals surface area contributed by atoms with Gasteiger partial charge >= 0.3 is 0 Å². The smallest absolute Gasteiger partial charge is 0.212 e. The molecule has 13 heavy (non-hydrogen) atoms. The summed E-state index contributed by atoms with van der Waals surface area (Å²) in [6.07, 6.45) is 2.72. The standard InChI is InChI=1S/C8H14N2O2S/c9-5-1-4-8-13(11,12)10-6-2-3-7-10/h1-4,6-8H2. The third kappa shape index (κ3) is 2.98. The highest BCUT2D eigenvalue weighted by Crippen LogP contribution is 2.13. The normalized spacial score (nSPS) is 18.7. The quantitative estimate of drug-likeness (QED) is 0.631. The summed E-state index contributed by atoms with van der Waals surface area (Å²) in [7, 11) is -3.05. The van der Waals surface area contributed by atoms with Gasteiger partial charge in [-0.2, -0.15) is 5.26 Å². The maximum absolute atomic E-state index is 11.5. The first-order chi connectivity index (χ1) is 6.17. The Labute approximate surface area is 79.2 Å². The third-order valence-corrected chi connectivity index (χ3v) is 4.11. The van der Waals surface area contributed by atoms with E-state index < -0.39 is 10.0 Å². The molecule has 5 heteroatoms. The van der Waals surface area contributed by atoms with Gasteiger partial charge in [0.1, 0.15) is 0 Å². The number of rotatable bonds is 4. The Morgan fingerprint density at radius 2 is 1.92 bits per heavy atom. The third-order valence-electron chi connectivity index (χ3n) is 2.15. The zero-order valence-corrected chi connectivity index (χ0v) is 8.39. The molecule has 0 bridgehead atoms. The number of unbranched alkanes of at least 4 members (excludes halogenated alkanes) is 1. The van der Waals surface area contributed by atoms with E-state index in [9.17, 15) is 8.42 Å². The Morgan fingerprint density at radius 3 is 2.46 bits per heavy atom. The van der Waals surface area contributed by atoms with Gasteiger partial charge in [-0.05, 0) is 19.3 Å². The van der Waals surface area contributed by atoms with Gasteiger partial charge in [0, 0.05) is 19.5 Å². The fourth-order valence-corrected chi connectivity index (χ4v) is 3.01. The number of hydrogen-bond donors (Lipinski definition) is 0. The van der Waals surface area contributed by atoms with Gasteiger partial charge in [-0.1, -0.05) is 0 Å².